The van der Waals surface area contributed by atoms with Crippen LogP contribution in [0.2, 0.25) is 0 Å². The summed E-state index contributed by atoms with van der Waals surface area (Å²) in [6, 6.07) is 6.32. The zero-order valence-corrected chi connectivity index (χ0v) is 12.4. The predicted molar refractivity (Wildman–Crippen MR) is 76.4 cm³/mol. The summed E-state index contributed by atoms with van der Waals surface area (Å²) in [4.78, 5) is 10.7. The van der Waals surface area contributed by atoms with Crippen LogP contribution in [0.4, 0.5) is 0 Å². The molecule has 1 heterocycles. The molecule has 0 aliphatic carbocycles. The van der Waals surface area contributed by atoms with Crippen LogP contribution >= 0.6 is 0 Å². The van der Waals surface area contributed by atoms with Gasteiger partial charge in [-0.3, -0.25) is 4.79 Å². The number of nitrogens with zero attached hydrogens (tertiary/aromatic N) is 1. The van der Waals surface area contributed by atoms with Gasteiger partial charge < -0.3 is 10.2 Å². The second-order valence-electron chi connectivity index (χ2n) is 5.24. The van der Waals surface area contributed by atoms with E-state index in [0.29, 0.717) is 25.9 Å². The van der Waals surface area contributed by atoms with Gasteiger partial charge in [0.15, 0.2) is 0 Å². The third kappa shape index (κ3) is 3.81. The highest BCUT2D eigenvalue weighted by molar-refractivity contribution is 7.89. The van der Waals surface area contributed by atoms with Crippen molar-refractivity contribution in [3.8, 4) is 0 Å². The molecule has 1 aliphatic heterocycles. The molecule has 21 heavy (non-hydrogen) atoms. The first-order valence-electron chi connectivity index (χ1n) is 6.85. The van der Waals surface area contributed by atoms with E-state index in [1.54, 1.807) is 12.1 Å². The Kier molecular flexibility index (Phi) is 4.97. The molecule has 1 unspecified atom stereocenters. The number of aliphatic hydroxyl groups excluding tert-OH is 1. The zero-order chi connectivity index (χ0) is 15.5. The van der Waals surface area contributed by atoms with E-state index < -0.39 is 16.0 Å². The highest BCUT2D eigenvalue weighted by Crippen LogP contribution is 2.24. The number of hydrogen-bond donors (Lipinski definition) is 2. The summed E-state index contributed by atoms with van der Waals surface area (Å²) < 4.78 is 26.2. The van der Waals surface area contributed by atoms with E-state index >= 15 is 0 Å². The van der Waals surface area contributed by atoms with Crippen molar-refractivity contribution >= 4 is 16.0 Å². The maximum Gasteiger partial charge on any atom is 0.303 e. The summed E-state index contributed by atoms with van der Waals surface area (Å²) in [5.41, 5.74) is 0.797. The lowest BCUT2D eigenvalue weighted by molar-refractivity contribution is -0.136. The lowest BCUT2D eigenvalue weighted by Crippen LogP contribution is -2.29. The summed E-state index contributed by atoms with van der Waals surface area (Å²) in [6.07, 6.45) is 1.08. The van der Waals surface area contributed by atoms with Gasteiger partial charge in [0.05, 0.1) is 4.90 Å². The second-order valence-corrected chi connectivity index (χ2v) is 7.18. The van der Waals surface area contributed by atoms with E-state index in [-0.39, 0.29) is 23.8 Å². The van der Waals surface area contributed by atoms with Gasteiger partial charge in [0.1, 0.15) is 0 Å². The Morgan fingerprint density at radius 1 is 1.29 bits per heavy atom. The maximum atomic E-state index is 12.4. The molecule has 1 atom stereocenters. The van der Waals surface area contributed by atoms with Gasteiger partial charge in [-0.1, -0.05) is 12.1 Å². The van der Waals surface area contributed by atoms with E-state index in [4.69, 9.17) is 10.2 Å². The van der Waals surface area contributed by atoms with Gasteiger partial charge >= 0.3 is 5.97 Å². The predicted octanol–water partition coefficient (Wildman–Crippen LogP) is 0.707. The van der Waals surface area contributed by atoms with Crippen LogP contribution in [-0.2, 0) is 21.2 Å². The molecule has 0 spiro atoms. The Morgan fingerprint density at radius 3 is 2.48 bits per heavy atom. The molecular formula is C14H19NO5S. The molecule has 0 bridgehead atoms. The van der Waals surface area contributed by atoms with Crippen LogP contribution in [0.15, 0.2) is 29.2 Å². The molecule has 116 valence electrons. The minimum atomic E-state index is -3.52. The molecule has 6 nitrogen and oxygen atoms in total. The summed E-state index contributed by atoms with van der Waals surface area (Å²) >= 11 is 0. The Balaban J connectivity index is 2.08. The number of carboxylic acids is 1. The third-order valence-electron chi connectivity index (χ3n) is 3.70. The van der Waals surface area contributed by atoms with Gasteiger partial charge in [-0.2, -0.15) is 4.31 Å². The van der Waals surface area contributed by atoms with E-state index in [0.717, 1.165) is 5.56 Å². The molecule has 2 rings (SSSR count). The molecule has 1 aromatic carbocycles. The first-order valence-corrected chi connectivity index (χ1v) is 8.29. The van der Waals surface area contributed by atoms with Crippen molar-refractivity contribution in [1.29, 1.82) is 0 Å². The smallest absolute Gasteiger partial charge is 0.303 e. The second kappa shape index (κ2) is 6.55. The quantitative estimate of drug-likeness (QED) is 0.806. The number of aryl methyl sites for hydroxylation is 1. The normalized spacial score (nSPS) is 19.8. The average molecular weight is 313 g/mol. The minimum Gasteiger partial charge on any atom is -0.481 e. The van der Waals surface area contributed by atoms with Crippen LogP contribution in [-0.4, -0.2) is 48.6 Å². The first kappa shape index (κ1) is 15.9. The summed E-state index contributed by atoms with van der Waals surface area (Å²) in [5.74, 6) is -0.867. The number of sulfonamides is 1. The minimum absolute atomic E-state index is 0.000145. The molecule has 1 fully saturated rings. The summed E-state index contributed by atoms with van der Waals surface area (Å²) in [5, 5.41) is 17.7. The van der Waals surface area contributed by atoms with Gasteiger partial charge in [-0.15, -0.1) is 0 Å². The third-order valence-corrected chi connectivity index (χ3v) is 5.57. The van der Waals surface area contributed by atoms with Crippen molar-refractivity contribution in [2.24, 2.45) is 5.92 Å². The fourth-order valence-electron chi connectivity index (χ4n) is 2.39. The standard InChI is InChI=1S/C14H19NO5S/c16-10-12-7-8-15(9-12)21(19,20)13-4-1-11(2-5-13)3-6-14(17)18/h1-2,4-5,12,16H,3,6-10H2,(H,17,18). The van der Waals surface area contributed by atoms with Crippen LogP contribution in [0.1, 0.15) is 18.4 Å². The number of aliphatic hydroxyl groups is 1. The highest BCUT2D eigenvalue weighted by atomic mass is 32.2. The monoisotopic (exact) mass is 313 g/mol. The van der Waals surface area contributed by atoms with Crippen LogP contribution < -0.4 is 0 Å². The van der Waals surface area contributed by atoms with E-state index in [1.807, 2.05) is 0 Å². The number of carbonyl (C=O) groups is 1. The molecule has 1 aliphatic rings. The topological polar surface area (TPSA) is 94.9 Å². The molecular weight excluding hydrogens is 294 g/mol. The SMILES string of the molecule is O=C(O)CCc1ccc(S(=O)(=O)N2CCC(CO)C2)cc1. The number of carboxylic acid groups (broad SMARTS) is 1. The fourth-order valence-corrected chi connectivity index (χ4v) is 3.92. The average Bonchev–Trinajstić information content (AvgIpc) is 2.95. The van der Waals surface area contributed by atoms with Crippen molar-refractivity contribution < 1.29 is 23.4 Å². The van der Waals surface area contributed by atoms with Gasteiger partial charge in [0.25, 0.3) is 0 Å². The molecule has 0 saturated carbocycles. The van der Waals surface area contributed by atoms with Crippen molar-refractivity contribution in [3.63, 3.8) is 0 Å². The Hall–Kier alpha value is -1.44. The number of rotatable bonds is 6. The van der Waals surface area contributed by atoms with Crippen LogP contribution in [0.5, 0.6) is 0 Å². The summed E-state index contributed by atoms with van der Waals surface area (Å²) in [7, 11) is -3.52. The number of aliphatic carboxylic acids is 1. The Morgan fingerprint density at radius 2 is 1.95 bits per heavy atom. The lowest BCUT2D eigenvalue weighted by Gasteiger charge is -2.16. The zero-order valence-electron chi connectivity index (χ0n) is 11.6. The molecule has 2 N–H and O–H groups in total. The lowest BCUT2D eigenvalue weighted by atomic mass is 10.1. The van der Waals surface area contributed by atoms with E-state index in [9.17, 15) is 13.2 Å². The van der Waals surface area contributed by atoms with E-state index in [2.05, 4.69) is 0 Å². The molecule has 1 aromatic rings. The fraction of sp³-hybridized carbons (Fsp3) is 0.500. The van der Waals surface area contributed by atoms with Crippen LogP contribution in [0, 0.1) is 5.92 Å². The van der Waals surface area contributed by atoms with Gasteiger partial charge in [-0.05, 0) is 36.5 Å². The number of hydrogen-bond acceptors (Lipinski definition) is 4. The van der Waals surface area contributed by atoms with Crippen LogP contribution in [0.3, 0.4) is 0 Å². The summed E-state index contributed by atoms with van der Waals surface area (Å²) in [6.45, 7) is 0.772. The van der Waals surface area contributed by atoms with Gasteiger partial charge in [-0.25, -0.2) is 8.42 Å². The van der Waals surface area contributed by atoms with Crippen molar-refractivity contribution in [1.82, 2.24) is 4.31 Å². The van der Waals surface area contributed by atoms with Crippen LogP contribution in [0.25, 0.3) is 0 Å². The van der Waals surface area contributed by atoms with Gasteiger partial charge in [0, 0.05) is 26.1 Å². The number of benzene rings is 1. The van der Waals surface area contributed by atoms with Crippen molar-refractivity contribution in [3.05, 3.63) is 29.8 Å². The van der Waals surface area contributed by atoms with Crippen molar-refractivity contribution in [2.45, 2.75) is 24.2 Å². The maximum absolute atomic E-state index is 12.4. The van der Waals surface area contributed by atoms with E-state index in [1.165, 1.54) is 16.4 Å². The largest absolute Gasteiger partial charge is 0.481 e. The van der Waals surface area contributed by atoms with Crippen molar-refractivity contribution in [2.75, 3.05) is 19.7 Å². The molecule has 0 radical (unpaired) electrons. The molecule has 7 heteroatoms. The first-order chi connectivity index (χ1) is 9.93. The molecule has 0 amide bonds. The Bertz CT molecular complexity index is 596. The molecule has 1 saturated heterocycles. The Labute approximate surface area is 124 Å². The van der Waals surface area contributed by atoms with Gasteiger partial charge in [0.2, 0.25) is 10.0 Å². The molecule has 0 aromatic heterocycles. The highest BCUT2D eigenvalue weighted by Gasteiger charge is 2.31.